The lowest BCUT2D eigenvalue weighted by atomic mass is 10.1. The molecule has 0 saturated heterocycles. The number of aryl methyl sites for hydroxylation is 1. The van der Waals surface area contributed by atoms with Gasteiger partial charge in [-0.3, -0.25) is 9.10 Å². The summed E-state index contributed by atoms with van der Waals surface area (Å²) in [7, 11) is -2.76. The average molecular weight is 531 g/mol. The summed E-state index contributed by atoms with van der Waals surface area (Å²) in [6, 6.07) is 18.0. The van der Waals surface area contributed by atoms with Gasteiger partial charge in [0.1, 0.15) is 6.54 Å². The maximum absolute atomic E-state index is 13.5. The van der Waals surface area contributed by atoms with Gasteiger partial charge < -0.3 is 10.1 Å². The SMILES string of the molecule is COC(=O)c1cccc(NC(=O)CN(c2cccc(Br)c2)S(=O)(=O)c2ccc(C)cc2)c1C. The van der Waals surface area contributed by atoms with Crippen molar-refractivity contribution in [1.82, 2.24) is 0 Å². The zero-order chi connectivity index (χ0) is 24.2. The molecule has 9 heteroatoms. The second-order valence-corrected chi connectivity index (χ2v) is 10.1. The number of amides is 1. The summed E-state index contributed by atoms with van der Waals surface area (Å²) in [5, 5.41) is 2.71. The molecule has 172 valence electrons. The number of nitrogens with one attached hydrogen (secondary N) is 1. The molecule has 3 rings (SSSR count). The molecule has 3 aromatic rings. The van der Waals surface area contributed by atoms with Crippen molar-refractivity contribution in [3.63, 3.8) is 0 Å². The lowest BCUT2D eigenvalue weighted by molar-refractivity contribution is -0.114. The molecule has 0 aliphatic rings. The highest BCUT2D eigenvalue weighted by atomic mass is 79.9. The molecule has 0 heterocycles. The molecule has 1 amide bonds. The predicted octanol–water partition coefficient (Wildman–Crippen LogP) is 4.69. The maximum atomic E-state index is 13.5. The number of carbonyl (C=O) groups excluding carboxylic acids is 2. The Bertz CT molecular complexity index is 1290. The fourth-order valence-electron chi connectivity index (χ4n) is 3.21. The van der Waals surface area contributed by atoms with Crippen molar-refractivity contribution in [2.75, 3.05) is 23.3 Å². The van der Waals surface area contributed by atoms with E-state index in [0.29, 0.717) is 27.0 Å². The van der Waals surface area contributed by atoms with Gasteiger partial charge in [0.15, 0.2) is 0 Å². The Kier molecular flexibility index (Phi) is 7.55. The van der Waals surface area contributed by atoms with Crippen molar-refractivity contribution in [1.29, 1.82) is 0 Å². The molecule has 7 nitrogen and oxygen atoms in total. The molecule has 0 atom stereocenters. The van der Waals surface area contributed by atoms with E-state index in [4.69, 9.17) is 4.74 Å². The normalized spacial score (nSPS) is 11.0. The largest absolute Gasteiger partial charge is 0.465 e. The van der Waals surface area contributed by atoms with Gasteiger partial charge in [0, 0.05) is 10.2 Å². The van der Waals surface area contributed by atoms with Crippen molar-refractivity contribution in [3.05, 3.63) is 87.9 Å². The van der Waals surface area contributed by atoms with Gasteiger partial charge in [0.2, 0.25) is 5.91 Å². The smallest absolute Gasteiger partial charge is 0.338 e. The summed E-state index contributed by atoms with van der Waals surface area (Å²) in [5.41, 5.74) is 2.48. The number of anilines is 2. The van der Waals surface area contributed by atoms with E-state index in [-0.39, 0.29) is 4.90 Å². The van der Waals surface area contributed by atoms with Gasteiger partial charge in [-0.05, 0) is 61.9 Å². The molecule has 3 aromatic carbocycles. The molecule has 0 fully saturated rings. The van der Waals surface area contributed by atoms with Crippen LogP contribution >= 0.6 is 15.9 Å². The van der Waals surface area contributed by atoms with E-state index in [2.05, 4.69) is 21.2 Å². The van der Waals surface area contributed by atoms with E-state index in [1.165, 1.54) is 19.2 Å². The Hall–Kier alpha value is -3.17. The van der Waals surface area contributed by atoms with E-state index < -0.39 is 28.4 Å². The van der Waals surface area contributed by atoms with E-state index in [9.17, 15) is 18.0 Å². The number of rotatable bonds is 7. The fourth-order valence-corrected chi connectivity index (χ4v) is 5.01. The Morgan fingerprint density at radius 3 is 2.30 bits per heavy atom. The summed E-state index contributed by atoms with van der Waals surface area (Å²) in [4.78, 5) is 25.0. The Labute approximate surface area is 201 Å². The van der Waals surface area contributed by atoms with Crippen LogP contribution in [0.3, 0.4) is 0 Å². The molecule has 1 N–H and O–H groups in total. The van der Waals surface area contributed by atoms with Gasteiger partial charge >= 0.3 is 5.97 Å². The number of ether oxygens (including phenoxy) is 1. The van der Waals surface area contributed by atoms with Crippen LogP contribution in [-0.2, 0) is 19.6 Å². The van der Waals surface area contributed by atoms with E-state index >= 15 is 0 Å². The van der Waals surface area contributed by atoms with Crippen LogP contribution in [0, 0.1) is 13.8 Å². The zero-order valence-electron chi connectivity index (χ0n) is 18.3. The minimum atomic E-state index is -4.03. The third-order valence-electron chi connectivity index (χ3n) is 5.01. The van der Waals surface area contributed by atoms with Crippen molar-refractivity contribution in [2.24, 2.45) is 0 Å². The molecule has 0 aliphatic heterocycles. The van der Waals surface area contributed by atoms with Crippen molar-refractivity contribution >= 4 is 49.2 Å². The number of methoxy groups -OCH3 is 1. The molecule has 0 aromatic heterocycles. The fraction of sp³-hybridized carbons (Fsp3) is 0.167. The highest BCUT2D eigenvalue weighted by Gasteiger charge is 2.27. The van der Waals surface area contributed by atoms with Crippen LogP contribution < -0.4 is 9.62 Å². The van der Waals surface area contributed by atoms with Gasteiger partial charge in [-0.2, -0.15) is 0 Å². The molecular weight excluding hydrogens is 508 g/mol. The first kappa shape index (κ1) is 24.5. The average Bonchev–Trinajstić information content (AvgIpc) is 2.78. The van der Waals surface area contributed by atoms with Crippen LogP contribution in [0.15, 0.2) is 76.1 Å². The minimum absolute atomic E-state index is 0.0738. The predicted molar refractivity (Wildman–Crippen MR) is 131 cm³/mol. The Morgan fingerprint density at radius 2 is 1.67 bits per heavy atom. The number of esters is 1. The molecular formula is C24H23BrN2O5S. The van der Waals surface area contributed by atoms with Crippen LogP contribution in [0.2, 0.25) is 0 Å². The van der Waals surface area contributed by atoms with Crippen LogP contribution in [-0.4, -0.2) is 33.9 Å². The number of carbonyl (C=O) groups is 2. The number of nitrogens with zero attached hydrogens (tertiary/aromatic N) is 1. The molecule has 0 radical (unpaired) electrons. The van der Waals surface area contributed by atoms with Gasteiger partial charge in [-0.25, -0.2) is 13.2 Å². The molecule has 33 heavy (non-hydrogen) atoms. The second kappa shape index (κ2) is 10.2. The number of hydrogen-bond acceptors (Lipinski definition) is 5. The zero-order valence-corrected chi connectivity index (χ0v) is 20.7. The number of halogens is 1. The van der Waals surface area contributed by atoms with Crippen LogP contribution in [0.25, 0.3) is 0 Å². The molecule has 0 spiro atoms. The van der Waals surface area contributed by atoms with E-state index in [1.807, 2.05) is 6.92 Å². The summed E-state index contributed by atoms with van der Waals surface area (Å²) in [5.74, 6) is -1.09. The van der Waals surface area contributed by atoms with Crippen LogP contribution in [0.4, 0.5) is 11.4 Å². The first-order valence-corrected chi connectivity index (χ1v) is 12.2. The van der Waals surface area contributed by atoms with Crippen LogP contribution in [0.1, 0.15) is 21.5 Å². The second-order valence-electron chi connectivity index (χ2n) is 7.32. The summed E-state index contributed by atoms with van der Waals surface area (Å²) in [6.45, 7) is 3.08. The van der Waals surface area contributed by atoms with Gasteiger partial charge in [-0.1, -0.05) is 45.8 Å². The van der Waals surface area contributed by atoms with Gasteiger partial charge in [0.05, 0.1) is 23.3 Å². The van der Waals surface area contributed by atoms with Crippen molar-refractivity contribution < 1.29 is 22.7 Å². The maximum Gasteiger partial charge on any atom is 0.338 e. The number of benzene rings is 3. The first-order valence-electron chi connectivity index (χ1n) is 9.96. The molecule has 0 bridgehead atoms. The topological polar surface area (TPSA) is 92.8 Å². The van der Waals surface area contributed by atoms with Crippen molar-refractivity contribution in [2.45, 2.75) is 18.7 Å². The highest BCUT2D eigenvalue weighted by Crippen LogP contribution is 2.27. The van der Waals surface area contributed by atoms with Crippen LogP contribution in [0.5, 0.6) is 0 Å². The third kappa shape index (κ3) is 5.61. The number of hydrogen-bond donors (Lipinski definition) is 1. The standard InChI is InChI=1S/C24H23BrN2O5S/c1-16-10-12-20(13-11-16)33(30,31)27(19-7-4-6-18(25)14-19)15-23(28)26-22-9-5-8-21(17(22)2)24(29)32-3/h4-14H,15H2,1-3H3,(H,26,28). The minimum Gasteiger partial charge on any atom is -0.465 e. The molecule has 0 saturated carbocycles. The van der Waals surface area contributed by atoms with E-state index in [1.54, 1.807) is 61.5 Å². The summed E-state index contributed by atoms with van der Waals surface area (Å²) >= 11 is 3.35. The Morgan fingerprint density at radius 1 is 1.00 bits per heavy atom. The lowest BCUT2D eigenvalue weighted by Crippen LogP contribution is -2.38. The van der Waals surface area contributed by atoms with Gasteiger partial charge in [-0.15, -0.1) is 0 Å². The van der Waals surface area contributed by atoms with Crippen molar-refractivity contribution in [3.8, 4) is 0 Å². The monoisotopic (exact) mass is 530 g/mol. The first-order chi connectivity index (χ1) is 15.6. The van der Waals surface area contributed by atoms with E-state index in [0.717, 1.165) is 9.87 Å². The molecule has 0 aliphatic carbocycles. The lowest BCUT2D eigenvalue weighted by Gasteiger charge is -2.24. The third-order valence-corrected chi connectivity index (χ3v) is 7.29. The van der Waals surface area contributed by atoms with Gasteiger partial charge in [0.25, 0.3) is 10.0 Å². The Balaban J connectivity index is 1.95. The number of sulfonamides is 1. The quantitative estimate of drug-likeness (QED) is 0.447. The highest BCUT2D eigenvalue weighted by molar-refractivity contribution is 9.10. The molecule has 0 unspecified atom stereocenters. The summed E-state index contributed by atoms with van der Waals surface area (Å²) in [6.07, 6.45) is 0. The summed E-state index contributed by atoms with van der Waals surface area (Å²) < 4.78 is 33.4.